The number of ether oxygens (including phenoxy) is 4. The van der Waals surface area contributed by atoms with Crippen molar-refractivity contribution >= 4 is 17.9 Å². The predicted molar refractivity (Wildman–Crippen MR) is 201 cm³/mol. The monoisotopic (exact) mass is 730 g/mol. The molecule has 1 aliphatic heterocycles. The van der Waals surface area contributed by atoms with Gasteiger partial charge in [-0.15, -0.1) is 6.58 Å². The maximum atomic E-state index is 13.9. The van der Waals surface area contributed by atoms with E-state index in [0.717, 1.165) is 61.7 Å². The minimum atomic E-state index is -1.27. The molecule has 1 amide bonds. The van der Waals surface area contributed by atoms with Gasteiger partial charge in [0.1, 0.15) is 35.6 Å². The third kappa shape index (κ3) is 7.88. The number of aldehydes is 1. The largest absolute Gasteiger partial charge is 0.496 e. The molecule has 6 atom stereocenters. The molecule has 3 aliphatic carbocycles. The first-order valence-electron chi connectivity index (χ1n) is 19.1. The second-order valence-electron chi connectivity index (χ2n) is 14.5. The summed E-state index contributed by atoms with van der Waals surface area (Å²) in [6.45, 7) is 6.71. The number of fused-ring (bicyclic) bond motifs is 2. The molecule has 0 aromatic heterocycles. The van der Waals surface area contributed by atoms with Gasteiger partial charge in [0, 0.05) is 44.1 Å². The Hall–Kier alpha value is -4.19. The van der Waals surface area contributed by atoms with E-state index in [1.807, 2.05) is 37.1 Å². The highest BCUT2D eigenvalue weighted by molar-refractivity contribution is 6.03. The van der Waals surface area contributed by atoms with Crippen LogP contribution in [0, 0.1) is 23.7 Å². The molecule has 2 fully saturated rings. The van der Waals surface area contributed by atoms with Crippen LogP contribution in [0.4, 0.5) is 0 Å². The van der Waals surface area contributed by atoms with E-state index in [0.29, 0.717) is 54.4 Å². The minimum Gasteiger partial charge on any atom is -0.496 e. The summed E-state index contributed by atoms with van der Waals surface area (Å²) in [5, 5.41) is 24.3. The molecule has 6 unspecified atom stereocenters. The normalized spacial score (nSPS) is 26.4. The lowest BCUT2D eigenvalue weighted by Crippen LogP contribution is -2.69. The standard InChI is InChI=1S/C42H54N2O9/c1-5-21-50-42-38(44(3)41(48)27-13-14-27)25-35(43-51-6-2)33-23-28(11-7-9-19-45)32(12-8-10-20-46)39(40(33)42)34-24-31(16-18-37(34)53-42)52-30-15-17-36(49-4)29(22-30)26-47/h5,15-18,22-24,26-28,32,38-40,45-46H,1,6-14,19-21,25H2,2-4H3. The zero-order valence-electron chi connectivity index (χ0n) is 31.2. The van der Waals surface area contributed by atoms with E-state index >= 15 is 0 Å². The number of unbranched alkanes of at least 4 members (excludes halogenated alkanes) is 2. The van der Waals surface area contributed by atoms with E-state index < -0.39 is 11.8 Å². The fraction of sp³-hybridized carbons (Fsp3) is 0.548. The first-order valence-corrected chi connectivity index (χ1v) is 19.1. The van der Waals surface area contributed by atoms with Gasteiger partial charge in [-0.05, 0) is 99.3 Å². The van der Waals surface area contributed by atoms with E-state index in [4.69, 9.17) is 28.9 Å². The van der Waals surface area contributed by atoms with Crippen LogP contribution in [-0.4, -0.2) is 85.4 Å². The topological polar surface area (TPSA) is 136 Å². The molecule has 0 spiro atoms. The molecule has 6 rings (SSSR count). The number of oxime groups is 1. The molecular formula is C42H54N2O9. The molecule has 4 aliphatic rings. The van der Waals surface area contributed by atoms with Gasteiger partial charge in [0.25, 0.3) is 0 Å². The van der Waals surface area contributed by atoms with Gasteiger partial charge in [-0.1, -0.05) is 30.1 Å². The molecule has 53 heavy (non-hydrogen) atoms. The summed E-state index contributed by atoms with van der Waals surface area (Å²) in [5.41, 5.74) is 3.10. The van der Waals surface area contributed by atoms with Crippen molar-refractivity contribution in [2.75, 3.05) is 40.6 Å². The van der Waals surface area contributed by atoms with Crippen LogP contribution in [0.1, 0.15) is 86.6 Å². The molecule has 2 saturated carbocycles. The average Bonchev–Trinajstić information content (AvgIpc) is 4.03. The third-order valence-corrected chi connectivity index (χ3v) is 11.3. The number of aliphatic hydroxyl groups excluding tert-OH is 2. The molecule has 11 heteroatoms. The predicted octanol–water partition coefficient (Wildman–Crippen LogP) is 6.82. The van der Waals surface area contributed by atoms with Gasteiger partial charge in [0.05, 0.1) is 30.9 Å². The lowest BCUT2D eigenvalue weighted by atomic mass is 9.55. The number of hydrogen-bond acceptors (Lipinski definition) is 10. The Labute approximate surface area is 312 Å². The number of methoxy groups -OCH3 is 1. The Bertz CT molecular complexity index is 1690. The Morgan fingerprint density at radius 3 is 2.49 bits per heavy atom. The van der Waals surface area contributed by atoms with E-state index in [2.05, 4.69) is 12.7 Å². The van der Waals surface area contributed by atoms with Gasteiger partial charge < -0.3 is 38.9 Å². The van der Waals surface area contributed by atoms with Gasteiger partial charge >= 0.3 is 0 Å². The maximum absolute atomic E-state index is 13.9. The summed E-state index contributed by atoms with van der Waals surface area (Å²) < 4.78 is 25.8. The number of carbonyl (C=O) groups is 2. The number of hydrogen-bond donors (Lipinski definition) is 2. The summed E-state index contributed by atoms with van der Waals surface area (Å²) in [4.78, 5) is 33.3. The SMILES string of the molecule is C=CCOC12Oc3ccc(Oc4ccc(OC)c(C=O)c4)cc3C3C(CCCCO)C(CCCCO)C=C(C(=NOCC)CC1N(C)C(=O)C1CC1)C32. The minimum absolute atomic E-state index is 0.0155. The number of nitrogens with zero attached hydrogens (tertiary/aromatic N) is 2. The highest BCUT2D eigenvalue weighted by atomic mass is 16.7. The number of benzene rings is 2. The first-order chi connectivity index (χ1) is 25.8. The van der Waals surface area contributed by atoms with Gasteiger partial charge in [-0.2, -0.15) is 0 Å². The number of allylic oxidation sites excluding steroid dienone is 1. The van der Waals surface area contributed by atoms with Crippen molar-refractivity contribution in [1.29, 1.82) is 0 Å². The zero-order valence-corrected chi connectivity index (χ0v) is 31.2. The van der Waals surface area contributed by atoms with Gasteiger partial charge in [0.15, 0.2) is 6.29 Å². The van der Waals surface area contributed by atoms with Crippen LogP contribution in [-0.2, 0) is 14.4 Å². The Morgan fingerprint density at radius 1 is 1.08 bits per heavy atom. The lowest BCUT2D eigenvalue weighted by molar-refractivity contribution is -0.255. The maximum Gasteiger partial charge on any atom is 0.239 e. The Balaban J connectivity index is 1.54. The molecule has 1 heterocycles. The van der Waals surface area contributed by atoms with Crippen molar-refractivity contribution in [2.24, 2.45) is 28.8 Å². The van der Waals surface area contributed by atoms with Crippen LogP contribution < -0.4 is 14.2 Å². The summed E-state index contributed by atoms with van der Waals surface area (Å²) in [7, 11) is 3.37. The second kappa shape index (κ2) is 17.3. The Kier molecular flexibility index (Phi) is 12.6. The van der Waals surface area contributed by atoms with Crippen molar-refractivity contribution in [2.45, 2.75) is 82.5 Å². The van der Waals surface area contributed by atoms with E-state index in [9.17, 15) is 19.8 Å². The number of aliphatic hydroxyl groups is 2. The molecule has 11 nitrogen and oxygen atoms in total. The van der Waals surface area contributed by atoms with Gasteiger partial charge in [0.2, 0.25) is 11.7 Å². The van der Waals surface area contributed by atoms with Crippen LogP contribution >= 0.6 is 0 Å². The third-order valence-electron chi connectivity index (χ3n) is 11.3. The smallest absolute Gasteiger partial charge is 0.239 e. The molecule has 0 radical (unpaired) electrons. The van der Waals surface area contributed by atoms with Crippen molar-refractivity contribution < 1.29 is 43.6 Å². The molecule has 0 bridgehead atoms. The fourth-order valence-electron chi connectivity index (χ4n) is 8.71. The van der Waals surface area contributed by atoms with Crippen LogP contribution in [0.5, 0.6) is 23.0 Å². The van der Waals surface area contributed by atoms with E-state index in [1.54, 1.807) is 24.3 Å². The molecule has 2 N–H and O–H groups in total. The summed E-state index contributed by atoms with van der Waals surface area (Å²) in [6.07, 6.45) is 11.6. The van der Waals surface area contributed by atoms with Crippen LogP contribution in [0.2, 0.25) is 0 Å². The molecule has 0 saturated heterocycles. The highest BCUT2D eigenvalue weighted by Gasteiger charge is 2.65. The van der Waals surface area contributed by atoms with Crippen molar-refractivity contribution in [3.63, 3.8) is 0 Å². The number of rotatable bonds is 19. The van der Waals surface area contributed by atoms with Crippen molar-refractivity contribution in [3.05, 3.63) is 71.8 Å². The molecule has 286 valence electrons. The van der Waals surface area contributed by atoms with Crippen LogP contribution in [0.15, 0.2) is 65.9 Å². The quantitative estimate of drug-likeness (QED) is 0.0691. The van der Waals surface area contributed by atoms with E-state index in [1.165, 1.54) is 7.11 Å². The lowest BCUT2D eigenvalue weighted by Gasteiger charge is -2.59. The van der Waals surface area contributed by atoms with Crippen molar-refractivity contribution in [3.8, 4) is 23.0 Å². The molecule has 2 aromatic rings. The Morgan fingerprint density at radius 2 is 1.81 bits per heavy atom. The average molecular weight is 731 g/mol. The number of likely N-dealkylation sites (N-methyl/N-ethyl adjacent to an activating group) is 1. The summed E-state index contributed by atoms with van der Waals surface area (Å²) in [6, 6.07) is 10.4. The number of carbonyl (C=O) groups excluding carboxylic acids is 2. The fourth-order valence-corrected chi connectivity index (χ4v) is 8.71. The molecule has 2 aromatic carbocycles. The van der Waals surface area contributed by atoms with Crippen LogP contribution in [0.3, 0.4) is 0 Å². The first kappa shape index (κ1) is 38.5. The number of amides is 1. The summed E-state index contributed by atoms with van der Waals surface area (Å²) >= 11 is 0. The second-order valence-corrected chi connectivity index (χ2v) is 14.5. The van der Waals surface area contributed by atoms with Crippen molar-refractivity contribution in [1.82, 2.24) is 4.90 Å². The van der Waals surface area contributed by atoms with E-state index in [-0.39, 0.29) is 55.3 Å². The van der Waals surface area contributed by atoms with Gasteiger partial charge in [-0.3, -0.25) is 9.59 Å². The summed E-state index contributed by atoms with van der Waals surface area (Å²) in [5.74, 6) is 0.630. The van der Waals surface area contributed by atoms with Gasteiger partial charge in [-0.25, -0.2) is 0 Å². The zero-order chi connectivity index (χ0) is 37.5. The highest BCUT2D eigenvalue weighted by Crippen LogP contribution is 2.62. The molecular weight excluding hydrogens is 676 g/mol. The van der Waals surface area contributed by atoms with Crippen LogP contribution in [0.25, 0.3) is 0 Å².